The fraction of sp³-hybridized carbons (Fsp3) is 0.500. The lowest BCUT2D eigenvalue weighted by Crippen LogP contribution is -2.52. The van der Waals surface area contributed by atoms with Gasteiger partial charge in [-0.25, -0.2) is 4.79 Å². The predicted molar refractivity (Wildman–Crippen MR) is 96.7 cm³/mol. The number of hydrogen-bond donors (Lipinski definition) is 1. The van der Waals surface area contributed by atoms with Crippen molar-refractivity contribution in [1.82, 2.24) is 9.24 Å². The summed E-state index contributed by atoms with van der Waals surface area (Å²) < 4.78 is 2.66. The van der Waals surface area contributed by atoms with Gasteiger partial charge in [0, 0.05) is 51.2 Å². The molecule has 2 aliphatic heterocycles. The third kappa shape index (κ3) is 2.52. The number of fused-ring (bicyclic) bond motifs is 1. The number of aryl methyl sites for hydroxylation is 1. The number of imidazole rings is 1. The molecule has 26 heavy (non-hydrogen) atoms. The van der Waals surface area contributed by atoms with Crippen LogP contribution in [0.4, 0.5) is 5.69 Å². The van der Waals surface area contributed by atoms with Crippen molar-refractivity contribution >= 4 is 28.5 Å². The van der Waals surface area contributed by atoms with E-state index < -0.39 is 5.69 Å². The molecule has 2 aromatic rings. The lowest BCUT2D eigenvalue weighted by molar-refractivity contribution is -0.131. The Morgan fingerprint density at radius 1 is 1.12 bits per heavy atom. The first-order valence-electron chi connectivity index (χ1n) is 8.94. The molecule has 0 aliphatic carbocycles. The zero-order chi connectivity index (χ0) is 18.4. The second-order valence-corrected chi connectivity index (χ2v) is 7.06. The molecule has 4 rings (SSSR count). The standard InChI is InChI=1S/C18H22N4O4/c1-19-15-9-13(20-8-7-12(10-20)11-23)5-6-14(15)21(18(19)26)22-16(24)3-2-4-17(22)25/h5-6,9,12,23H,2-4,7-8,10-11H2,1H3/t12-/m0/s1. The number of carbonyl (C=O) groups is 2. The maximum atomic E-state index is 12.7. The predicted octanol–water partition coefficient (Wildman–Crippen LogP) is 0.334. The van der Waals surface area contributed by atoms with Crippen LogP contribution in [-0.4, -0.2) is 45.9 Å². The number of carbonyl (C=O) groups excluding carboxylic acids is 2. The molecule has 0 unspecified atom stereocenters. The van der Waals surface area contributed by atoms with E-state index in [-0.39, 0.29) is 37.2 Å². The van der Waals surface area contributed by atoms with Crippen LogP contribution in [0.3, 0.4) is 0 Å². The van der Waals surface area contributed by atoms with Crippen molar-refractivity contribution in [3.8, 4) is 0 Å². The van der Waals surface area contributed by atoms with Crippen LogP contribution < -0.4 is 15.6 Å². The minimum Gasteiger partial charge on any atom is -0.396 e. The Bertz CT molecular complexity index is 929. The number of benzene rings is 1. The van der Waals surface area contributed by atoms with Gasteiger partial charge in [0.1, 0.15) is 0 Å². The number of hydrogen-bond acceptors (Lipinski definition) is 5. The van der Waals surface area contributed by atoms with Gasteiger partial charge in [-0.05, 0) is 31.0 Å². The summed E-state index contributed by atoms with van der Waals surface area (Å²) in [5, 5.41) is 10.3. The van der Waals surface area contributed by atoms with Crippen molar-refractivity contribution in [3.05, 3.63) is 28.7 Å². The van der Waals surface area contributed by atoms with E-state index in [9.17, 15) is 19.5 Å². The summed E-state index contributed by atoms with van der Waals surface area (Å²) >= 11 is 0. The largest absolute Gasteiger partial charge is 0.396 e. The zero-order valence-corrected chi connectivity index (χ0v) is 14.7. The van der Waals surface area contributed by atoms with Crippen molar-refractivity contribution in [1.29, 1.82) is 0 Å². The molecule has 0 bridgehead atoms. The summed E-state index contributed by atoms with van der Waals surface area (Å²) in [6, 6.07) is 5.59. The van der Waals surface area contributed by atoms with Gasteiger partial charge in [-0.1, -0.05) is 0 Å². The van der Waals surface area contributed by atoms with Crippen LogP contribution in [0.5, 0.6) is 0 Å². The van der Waals surface area contributed by atoms with Gasteiger partial charge in [0.15, 0.2) is 0 Å². The SMILES string of the molecule is Cn1c(=O)n(N2C(=O)CCCC2=O)c2ccc(N3CC[C@H](CO)C3)cc21. The molecular formula is C18H22N4O4. The summed E-state index contributed by atoms with van der Waals surface area (Å²) in [5.41, 5.74) is 1.78. The Morgan fingerprint density at radius 3 is 2.50 bits per heavy atom. The molecule has 8 heteroatoms. The summed E-state index contributed by atoms with van der Waals surface area (Å²) in [4.78, 5) is 39.4. The Kier molecular flexibility index (Phi) is 4.07. The van der Waals surface area contributed by atoms with E-state index in [0.717, 1.165) is 30.2 Å². The molecule has 0 spiro atoms. The van der Waals surface area contributed by atoms with Gasteiger partial charge in [0.05, 0.1) is 11.0 Å². The lowest BCUT2D eigenvalue weighted by atomic mass is 10.1. The monoisotopic (exact) mass is 358 g/mol. The smallest absolute Gasteiger partial charge is 0.348 e. The van der Waals surface area contributed by atoms with Crippen molar-refractivity contribution < 1.29 is 14.7 Å². The van der Waals surface area contributed by atoms with E-state index in [1.807, 2.05) is 12.1 Å². The fourth-order valence-corrected chi connectivity index (χ4v) is 3.88. The van der Waals surface area contributed by atoms with Crippen LogP contribution in [0.2, 0.25) is 0 Å². The highest BCUT2D eigenvalue weighted by atomic mass is 16.3. The average molecular weight is 358 g/mol. The quantitative estimate of drug-likeness (QED) is 0.799. The molecular weight excluding hydrogens is 336 g/mol. The van der Waals surface area contributed by atoms with E-state index >= 15 is 0 Å². The number of imide groups is 1. The number of nitrogens with zero attached hydrogens (tertiary/aromatic N) is 4. The molecule has 1 N–H and O–H groups in total. The van der Waals surface area contributed by atoms with E-state index in [4.69, 9.17) is 0 Å². The van der Waals surface area contributed by atoms with Gasteiger partial charge in [-0.15, -0.1) is 0 Å². The number of aliphatic hydroxyl groups is 1. The Labute approximate surface area is 150 Å². The molecule has 1 aromatic carbocycles. The molecule has 1 aromatic heterocycles. The third-order valence-electron chi connectivity index (χ3n) is 5.38. The second-order valence-electron chi connectivity index (χ2n) is 7.06. The molecule has 3 heterocycles. The Morgan fingerprint density at radius 2 is 1.85 bits per heavy atom. The maximum Gasteiger partial charge on any atom is 0.348 e. The number of aliphatic hydroxyl groups excluding tert-OH is 1. The fourth-order valence-electron chi connectivity index (χ4n) is 3.88. The van der Waals surface area contributed by atoms with Gasteiger partial charge >= 0.3 is 5.69 Å². The number of aromatic nitrogens is 2. The summed E-state index contributed by atoms with van der Waals surface area (Å²) in [7, 11) is 1.64. The lowest BCUT2D eigenvalue weighted by Gasteiger charge is -2.25. The van der Waals surface area contributed by atoms with Crippen LogP contribution in [0, 0.1) is 5.92 Å². The van der Waals surface area contributed by atoms with E-state index in [2.05, 4.69) is 4.90 Å². The molecule has 0 radical (unpaired) electrons. The zero-order valence-electron chi connectivity index (χ0n) is 14.7. The van der Waals surface area contributed by atoms with Crippen LogP contribution in [0.1, 0.15) is 25.7 Å². The molecule has 2 fully saturated rings. The Hall–Kier alpha value is -2.61. The van der Waals surface area contributed by atoms with Gasteiger partial charge in [-0.3, -0.25) is 14.2 Å². The number of piperidine rings is 1. The number of anilines is 1. The second kappa shape index (κ2) is 6.28. The summed E-state index contributed by atoms with van der Waals surface area (Å²) in [6.45, 7) is 1.81. The number of rotatable bonds is 3. The molecule has 2 amide bonds. The minimum absolute atomic E-state index is 0.173. The Balaban J connectivity index is 1.79. The van der Waals surface area contributed by atoms with Crippen molar-refractivity contribution in [3.63, 3.8) is 0 Å². The first kappa shape index (κ1) is 16.8. The van der Waals surface area contributed by atoms with Gasteiger partial charge in [0.25, 0.3) is 0 Å². The highest BCUT2D eigenvalue weighted by molar-refractivity contribution is 6.11. The molecule has 138 valence electrons. The van der Waals surface area contributed by atoms with E-state index in [1.54, 1.807) is 13.1 Å². The topological polar surface area (TPSA) is 87.8 Å². The van der Waals surface area contributed by atoms with E-state index in [1.165, 1.54) is 9.24 Å². The molecule has 8 nitrogen and oxygen atoms in total. The highest BCUT2D eigenvalue weighted by Crippen LogP contribution is 2.27. The van der Waals surface area contributed by atoms with Crippen LogP contribution >= 0.6 is 0 Å². The van der Waals surface area contributed by atoms with Gasteiger partial charge in [0.2, 0.25) is 11.8 Å². The number of amides is 2. The normalized spacial score (nSPS) is 21.2. The first-order chi connectivity index (χ1) is 12.5. The first-order valence-corrected chi connectivity index (χ1v) is 8.94. The molecule has 2 aliphatic rings. The van der Waals surface area contributed by atoms with Crippen molar-refractivity contribution in [2.45, 2.75) is 25.7 Å². The van der Waals surface area contributed by atoms with Gasteiger partial charge in [-0.2, -0.15) is 9.69 Å². The van der Waals surface area contributed by atoms with Crippen LogP contribution in [0.15, 0.2) is 23.0 Å². The molecule has 2 saturated heterocycles. The van der Waals surface area contributed by atoms with Crippen LogP contribution in [0.25, 0.3) is 11.0 Å². The maximum absolute atomic E-state index is 12.7. The van der Waals surface area contributed by atoms with Crippen molar-refractivity contribution in [2.24, 2.45) is 13.0 Å². The molecule has 0 saturated carbocycles. The average Bonchev–Trinajstić information content (AvgIpc) is 3.20. The minimum atomic E-state index is -0.407. The van der Waals surface area contributed by atoms with Gasteiger partial charge < -0.3 is 10.0 Å². The molecule has 1 atom stereocenters. The summed E-state index contributed by atoms with van der Waals surface area (Å²) in [6.07, 6.45) is 2.00. The highest BCUT2D eigenvalue weighted by Gasteiger charge is 2.31. The summed E-state index contributed by atoms with van der Waals surface area (Å²) in [5.74, 6) is -0.418. The van der Waals surface area contributed by atoms with E-state index in [0.29, 0.717) is 17.5 Å². The van der Waals surface area contributed by atoms with Crippen molar-refractivity contribution in [2.75, 3.05) is 29.6 Å². The third-order valence-corrected chi connectivity index (χ3v) is 5.38. The van der Waals surface area contributed by atoms with Crippen LogP contribution in [-0.2, 0) is 16.6 Å².